The summed E-state index contributed by atoms with van der Waals surface area (Å²) >= 11 is 0. The van der Waals surface area contributed by atoms with E-state index in [2.05, 4.69) is 22.8 Å². The molecule has 0 spiro atoms. The lowest BCUT2D eigenvalue weighted by atomic mass is 10.1. The number of hydrogen-bond acceptors (Lipinski definition) is 2. The second-order valence-corrected chi connectivity index (χ2v) is 6.38. The van der Waals surface area contributed by atoms with E-state index in [0.29, 0.717) is 11.4 Å². The molecular weight excluding hydrogens is 324 g/mol. The number of rotatable bonds is 4. The Balaban J connectivity index is 1.41. The predicted octanol–water partition coefficient (Wildman–Crippen LogP) is 4.77. The molecule has 0 atom stereocenters. The van der Waals surface area contributed by atoms with Gasteiger partial charge in [0, 0.05) is 6.04 Å². The van der Waals surface area contributed by atoms with Crippen molar-refractivity contribution in [3.8, 4) is 11.5 Å². The first-order chi connectivity index (χ1) is 12.8. The topological polar surface area (TPSA) is 50.4 Å². The van der Waals surface area contributed by atoms with Crippen LogP contribution in [-0.4, -0.2) is 12.1 Å². The van der Waals surface area contributed by atoms with Crippen molar-refractivity contribution in [2.24, 2.45) is 0 Å². The highest BCUT2D eigenvalue weighted by Crippen LogP contribution is 2.29. The van der Waals surface area contributed by atoms with Crippen LogP contribution in [0.1, 0.15) is 11.1 Å². The van der Waals surface area contributed by atoms with E-state index in [1.165, 1.54) is 11.1 Å². The average molecular weight is 344 g/mol. The van der Waals surface area contributed by atoms with Crippen molar-refractivity contribution in [3.05, 3.63) is 90.0 Å². The van der Waals surface area contributed by atoms with Gasteiger partial charge in [-0.05, 0) is 48.2 Å². The number of carbonyl (C=O) groups excluding carboxylic acids is 1. The summed E-state index contributed by atoms with van der Waals surface area (Å²) < 4.78 is 5.89. The van der Waals surface area contributed by atoms with E-state index in [4.69, 9.17) is 4.74 Å². The molecule has 4 heteroatoms. The molecule has 0 fully saturated rings. The van der Waals surface area contributed by atoms with Gasteiger partial charge in [0.05, 0.1) is 5.69 Å². The van der Waals surface area contributed by atoms with Crippen molar-refractivity contribution in [1.82, 2.24) is 5.32 Å². The van der Waals surface area contributed by atoms with Gasteiger partial charge in [-0.15, -0.1) is 0 Å². The van der Waals surface area contributed by atoms with Gasteiger partial charge in [0.2, 0.25) is 0 Å². The summed E-state index contributed by atoms with van der Waals surface area (Å²) in [4.78, 5) is 12.4. The minimum Gasteiger partial charge on any atom is -0.455 e. The van der Waals surface area contributed by atoms with Crippen molar-refractivity contribution in [3.63, 3.8) is 0 Å². The Kier molecular flexibility index (Phi) is 4.56. The van der Waals surface area contributed by atoms with Gasteiger partial charge in [0.15, 0.2) is 5.75 Å². The van der Waals surface area contributed by atoms with Crippen molar-refractivity contribution >= 4 is 11.7 Å². The smallest absolute Gasteiger partial charge is 0.319 e. The molecule has 0 saturated heterocycles. The van der Waals surface area contributed by atoms with Crippen LogP contribution in [-0.2, 0) is 12.8 Å². The van der Waals surface area contributed by atoms with E-state index in [-0.39, 0.29) is 12.1 Å². The Morgan fingerprint density at radius 2 is 1.42 bits per heavy atom. The van der Waals surface area contributed by atoms with Crippen LogP contribution >= 0.6 is 0 Å². The van der Waals surface area contributed by atoms with Gasteiger partial charge in [-0.25, -0.2) is 4.79 Å². The van der Waals surface area contributed by atoms with Crippen molar-refractivity contribution in [2.45, 2.75) is 18.9 Å². The zero-order valence-corrected chi connectivity index (χ0v) is 14.3. The minimum absolute atomic E-state index is 0.120. The first kappa shape index (κ1) is 16.2. The van der Waals surface area contributed by atoms with Crippen molar-refractivity contribution in [1.29, 1.82) is 0 Å². The number of urea groups is 1. The van der Waals surface area contributed by atoms with Gasteiger partial charge in [0.1, 0.15) is 5.75 Å². The fourth-order valence-corrected chi connectivity index (χ4v) is 3.28. The largest absolute Gasteiger partial charge is 0.455 e. The monoisotopic (exact) mass is 344 g/mol. The fraction of sp³-hybridized carbons (Fsp3) is 0.136. The first-order valence-corrected chi connectivity index (χ1v) is 8.74. The second-order valence-electron chi connectivity index (χ2n) is 6.38. The summed E-state index contributed by atoms with van der Waals surface area (Å²) in [5.74, 6) is 1.34. The van der Waals surface area contributed by atoms with E-state index >= 15 is 0 Å². The molecule has 26 heavy (non-hydrogen) atoms. The van der Waals surface area contributed by atoms with E-state index in [9.17, 15) is 4.79 Å². The number of hydrogen-bond donors (Lipinski definition) is 2. The third-order valence-electron chi connectivity index (χ3n) is 4.49. The number of ether oxygens (including phenoxy) is 1. The quantitative estimate of drug-likeness (QED) is 0.716. The molecule has 0 radical (unpaired) electrons. The lowest BCUT2D eigenvalue weighted by Gasteiger charge is -2.15. The number of benzene rings is 3. The first-order valence-electron chi connectivity index (χ1n) is 8.74. The molecule has 4 nitrogen and oxygen atoms in total. The van der Waals surface area contributed by atoms with E-state index in [0.717, 1.165) is 18.6 Å². The summed E-state index contributed by atoms with van der Waals surface area (Å²) in [7, 11) is 0. The predicted molar refractivity (Wildman–Crippen MR) is 103 cm³/mol. The molecule has 3 aromatic carbocycles. The number of amides is 2. The average Bonchev–Trinajstić information content (AvgIpc) is 3.06. The Morgan fingerprint density at radius 3 is 2.15 bits per heavy atom. The third kappa shape index (κ3) is 3.70. The zero-order valence-electron chi connectivity index (χ0n) is 14.3. The molecule has 3 aromatic rings. The van der Waals surface area contributed by atoms with Crippen LogP contribution in [0.15, 0.2) is 78.9 Å². The number of nitrogens with one attached hydrogen (secondary N) is 2. The fourth-order valence-electron chi connectivity index (χ4n) is 3.28. The van der Waals surface area contributed by atoms with Gasteiger partial charge in [-0.1, -0.05) is 54.6 Å². The van der Waals surface area contributed by atoms with Crippen LogP contribution in [0.5, 0.6) is 11.5 Å². The Labute approximate surface area is 152 Å². The van der Waals surface area contributed by atoms with Crippen LogP contribution in [0, 0.1) is 0 Å². The van der Waals surface area contributed by atoms with Crippen LogP contribution < -0.4 is 15.4 Å². The molecule has 0 saturated carbocycles. The van der Waals surface area contributed by atoms with Crippen LogP contribution in [0.25, 0.3) is 0 Å². The lowest BCUT2D eigenvalue weighted by Crippen LogP contribution is -2.38. The molecule has 0 heterocycles. The molecular formula is C22H20N2O2. The summed E-state index contributed by atoms with van der Waals surface area (Å²) in [5, 5.41) is 5.97. The molecule has 0 bridgehead atoms. The van der Waals surface area contributed by atoms with Gasteiger partial charge in [-0.2, -0.15) is 0 Å². The highest BCUT2D eigenvalue weighted by Gasteiger charge is 2.22. The van der Waals surface area contributed by atoms with Crippen molar-refractivity contribution < 1.29 is 9.53 Å². The maximum Gasteiger partial charge on any atom is 0.319 e. The summed E-state index contributed by atoms with van der Waals surface area (Å²) in [6.45, 7) is 0. The highest BCUT2D eigenvalue weighted by atomic mass is 16.5. The highest BCUT2D eigenvalue weighted by molar-refractivity contribution is 5.91. The molecule has 2 N–H and O–H groups in total. The maximum atomic E-state index is 12.4. The SMILES string of the molecule is O=C(Nc1ccccc1Oc1ccccc1)NC1Cc2ccccc2C1. The second kappa shape index (κ2) is 7.31. The Hall–Kier alpha value is -3.27. The molecule has 4 rings (SSSR count). The van der Waals surface area contributed by atoms with E-state index in [1.807, 2.05) is 66.7 Å². The Morgan fingerprint density at radius 1 is 0.808 bits per heavy atom. The van der Waals surface area contributed by atoms with Gasteiger partial charge < -0.3 is 15.4 Å². The van der Waals surface area contributed by atoms with Gasteiger partial charge >= 0.3 is 6.03 Å². The lowest BCUT2D eigenvalue weighted by molar-refractivity contribution is 0.248. The molecule has 1 aliphatic carbocycles. The summed E-state index contributed by atoms with van der Waals surface area (Å²) in [6, 6.07) is 25.2. The Bertz CT molecular complexity index is 884. The van der Waals surface area contributed by atoms with Crippen LogP contribution in [0.3, 0.4) is 0 Å². The number of fused-ring (bicyclic) bond motifs is 1. The number of anilines is 1. The van der Waals surface area contributed by atoms with E-state index < -0.39 is 0 Å². The normalized spacial score (nSPS) is 13.1. The van der Waals surface area contributed by atoms with Gasteiger partial charge in [0.25, 0.3) is 0 Å². The van der Waals surface area contributed by atoms with E-state index in [1.54, 1.807) is 0 Å². The van der Waals surface area contributed by atoms with Crippen LogP contribution in [0.2, 0.25) is 0 Å². The van der Waals surface area contributed by atoms with Gasteiger partial charge in [-0.3, -0.25) is 0 Å². The summed E-state index contributed by atoms with van der Waals surface area (Å²) in [6.07, 6.45) is 1.73. The number of carbonyl (C=O) groups is 1. The third-order valence-corrected chi connectivity index (χ3v) is 4.49. The minimum atomic E-state index is -0.216. The molecule has 0 aliphatic heterocycles. The summed E-state index contributed by atoms with van der Waals surface area (Å²) in [5.41, 5.74) is 3.26. The zero-order chi connectivity index (χ0) is 17.8. The molecule has 1 aliphatic rings. The molecule has 2 amide bonds. The molecule has 130 valence electrons. The van der Waals surface area contributed by atoms with Crippen LogP contribution in [0.4, 0.5) is 10.5 Å². The maximum absolute atomic E-state index is 12.4. The van der Waals surface area contributed by atoms with Crippen molar-refractivity contribution in [2.75, 3.05) is 5.32 Å². The number of para-hydroxylation sites is 3. The molecule has 0 aromatic heterocycles. The molecule has 0 unspecified atom stereocenters. The standard InChI is InChI=1S/C22H20N2O2/c25-22(23-18-14-16-8-4-5-9-17(16)15-18)24-20-12-6-7-13-21(20)26-19-10-2-1-3-11-19/h1-13,18H,14-15H2,(H2,23,24,25).